The van der Waals surface area contributed by atoms with Crippen molar-refractivity contribution >= 4 is 51.1 Å². The van der Waals surface area contributed by atoms with Crippen LogP contribution in [0.5, 0.6) is 0 Å². The monoisotopic (exact) mass is 456 g/mol. The lowest BCUT2D eigenvalue weighted by atomic mass is 10.0. The number of rotatable bonds is 4. The molecule has 0 spiro atoms. The van der Waals surface area contributed by atoms with Gasteiger partial charge in [-0.3, -0.25) is 9.59 Å². The van der Waals surface area contributed by atoms with Gasteiger partial charge in [0, 0.05) is 16.1 Å². The Morgan fingerprint density at radius 3 is 2.33 bits per heavy atom. The molecule has 0 bridgehead atoms. The summed E-state index contributed by atoms with van der Waals surface area (Å²) >= 11 is 6.08. The highest BCUT2D eigenvalue weighted by molar-refractivity contribution is 6.47. The molecule has 1 heterocycles. The van der Waals surface area contributed by atoms with E-state index in [0.29, 0.717) is 22.0 Å². The summed E-state index contributed by atoms with van der Waals surface area (Å²) in [5.74, 6) is -1.38. The molecule has 0 aliphatic carbocycles. The van der Waals surface area contributed by atoms with E-state index in [1.54, 1.807) is 24.3 Å². The number of carbonyl (C=O) groups is 2. The van der Waals surface area contributed by atoms with Gasteiger partial charge in [-0.05, 0) is 59.8 Å². The van der Waals surface area contributed by atoms with E-state index in [1.807, 2.05) is 43.3 Å². The Morgan fingerprint density at radius 2 is 1.58 bits per heavy atom. The predicted octanol–water partition coefficient (Wildman–Crippen LogP) is 6.34. The first-order chi connectivity index (χ1) is 15.9. The van der Waals surface area contributed by atoms with Crippen LogP contribution < -0.4 is 10.2 Å². The zero-order chi connectivity index (χ0) is 23.1. The highest BCUT2D eigenvalue weighted by atomic mass is 35.5. The Bertz CT molecular complexity index is 1460. The number of hydrogen-bond donors (Lipinski definition) is 1. The van der Waals surface area contributed by atoms with E-state index in [9.17, 15) is 14.0 Å². The molecule has 2 amide bonds. The van der Waals surface area contributed by atoms with E-state index in [4.69, 9.17) is 11.6 Å². The maximum absolute atomic E-state index is 13.7. The quantitative estimate of drug-likeness (QED) is 0.365. The fourth-order valence-electron chi connectivity index (χ4n) is 4.05. The Labute approximate surface area is 194 Å². The van der Waals surface area contributed by atoms with E-state index < -0.39 is 17.6 Å². The number of hydrogen-bond acceptors (Lipinski definition) is 3. The summed E-state index contributed by atoms with van der Waals surface area (Å²) in [6, 6.07) is 23.8. The van der Waals surface area contributed by atoms with Crippen molar-refractivity contribution in [3.63, 3.8) is 0 Å². The highest BCUT2D eigenvalue weighted by Crippen LogP contribution is 2.37. The first kappa shape index (κ1) is 20.9. The number of benzene rings is 4. The molecule has 1 aliphatic rings. The molecule has 4 aromatic rings. The second kappa shape index (κ2) is 8.19. The van der Waals surface area contributed by atoms with Crippen molar-refractivity contribution in [2.45, 2.75) is 6.92 Å². The first-order valence-corrected chi connectivity index (χ1v) is 10.7. The lowest BCUT2D eigenvalue weighted by Crippen LogP contribution is -2.32. The second-order valence-electron chi connectivity index (χ2n) is 7.79. The van der Waals surface area contributed by atoms with E-state index in [1.165, 1.54) is 29.2 Å². The minimum Gasteiger partial charge on any atom is -0.350 e. The number of halogens is 2. The van der Waals surface area contributed by atoms with Gasteiger partial charge in [0.25, 0.3) is 11.8 Å². The van der Waals surface area contributed by atoms with Crippen LogP contribution in [-0.2, 0) is 9.59 Å². The van der Waals surface area contributed by atoms with E-state index >= 15 is 0 Å². The second-order valence-corrected chi connectivity index (χ2v) is 8.22. The van der Waals surface area contributed by atoms with Crippen molar-refractivity contribution in [1.29, 1.82) is 0 Å². The molecule has 33 heavy (non-hydrogen) atoms. The first-order valence-electron chi connectivity index (χ1n) is 10.3. The molecular formula is C27H18ClFN2O2. The van der Waals surface area contributed by atoms with Crippen LogP contribution in [0.3, 0.4) is 0 Å². The van der Waals surface area contributed by atoms with Gasteiger partial charge in [-0.2, -0.15) is 0 Å². The summed E-state index contributed by atoms with van der Waals surface area (Å²) in [5, 5.41) is 5.40. The lowest BCUT2D eigenvalue weighted by Gasteiger charge is -2.18. The molecule has 1 N–H and O–H groups in total. The van der Waals surface area contributed by atoms with Crippen LogP contribution in [0.2, 0.25) is 5.02 Å². The molecule has 0 radical (unpaired) electrons. The molecular weight excluding hydrogens is 439 g/mol. The average Bonchev–Trinajstić information content (AvgIpc) is 3.05. The number of nitrogens with one attached hydrogen (secondary N) is 1. The standard InChI is InChI=1S/C27H18ClFN2O2/c1-16-15-19(28)11-14-22(16)30-25-24(18-9-12-20(29)13-10-18)26(32)31(27(25)33)23-8-4-6-17-5-2-3-7-21(17)23/h2-15,30H,1H3. The summed E-state index contributed by atoms with van der Waals surface area (Å²) in [7, 11) is 0. The fourth-order valence-corrected chi connectivity index (χ4v) is 4.28. The van der Waals surface area contributed by atoms with Crippen molar-refractivity contribution < 1.29 is 14.0 Å². The number of imide groups is 1. The number of aryl methyl sites for hydroxylation is 1. The van der Waals surface area contributed by atoms with Gasteiger partial charge in [-0.1, -0.05) is 60.1 Å². The van der Waals surface area contributed by atoms with Crippen molar-refractivity contribution in [3.8, 4) is 0 Å². The third-order valence-electron chi connectivity index (χ3n) is 5.67. The highest BCUT2D eigenvalue weighted by Gasteiger charge is 2.41. The van der Waals surface area contributed by atoms with Crippen LogP contribution in [0.25, 0.3) is 16.3 Å². The molecule has 0 aromatic heterocycles. The third kappa shape index (κ3) is 3.66. The summed E-state index contributed by atoms with van der Waals surface area (Å²) < 4.78 is 13.6. The molecule has 4 aromatic carbocycles. The molecule has 5 rings (SSSR count). The Kier molecular flexibility index (Phi) is 5.19. The minimum absolute atomic E-state index is 0.130. The van der Waals surface area contributed by atoms with Crippen molar-refractivity contribution in [2.24, 2.45) is 0 Å². The number of carbonyl (C=O) groups excluding carboxylic acids is 2. The van der Waals surface area contributed by atoms with Gasteiger partial charge in [0.15, 0.2) is 0 Å². The van der Waals surface area contributed by atoms with E-state index in [-0.39, 0.29) is 11.3 Å². The van der Waals surface area contributed by atoms with Gasteiger partial charge in [-0.25, -0.2) is 9.29 Å². The normalized spacial score (nSPS) is 13.8. The van der Waals surface area contributed by atoms with Gasteiger partial charge < -0.3 is 5.32 Å². The SMILES string of the molecule is Cc1cc(Cl)ccc1NC1=C(c2ccc(F)cc2)C(=O)N(c2cccc3ccccc23)C1=O. The molecule has 0 saturated heterocycles. The maximum atomic E-state index is 13.7. The summed E-state index contributed by atoms with van der Waals surface area (Å²) in [4.78, 5) is 28.5. The van der Waals surface area contributed by atoms with Crippen LogP contribution in [0, 0.1) is 12.7 Å². The molecule has 0 saturated carbocycles. The summed E-state index contributed by atoms with van der Waals surface area (Å²) in [6.07, 6.45) is 0. The van der Waals surface area contributed by atoms with Crippen LogP contribution in [0.15, 0.2) is 90.6 Å². The summed E-state index contributed by atoms with van der Waals surface area (Å²) in [6.45, 7) is 1.86. The Balaban J connectivity index is 1.67. The largest absolute Gasteiger partial charge is 0.350 e. The Hall–Kier alpha value is -3.96. The summed E-state index contributed by atoms with van der Waals surface area (Å²) in [5.41, 5.74) is 2.72. The average molecular weight is 457 g/mol. The van der Waals surface area contributed by atoms with Crippen LogP contribution in [0.4, 0.5) is 15.8 Å². The molecule has 6 heteroatoms. The van der Waals surface area contributed by atoms with Crippen molar-refractivity contribution in [3.05, 3.63) is 113 Å². The fraction of sp³-hybridized carbons (Fsp3) is 0.0370. The Morgan fingerprint density at radius 1 is 0.848 bits per heavy atom. The van der Waals surface area contributed by atoms with Crippen LogP contribution in [-0.4, -0.2) is 11.8 Å². The number of anilines is 2. The van der Waals surface area contributed by atoms with Gasteiger partial charge in [0.05, 0.1) is 11.3 Å². The van der Waals surface area contributed by atoms with E-state index in [0.717, 1.165) is 16.3 Å². The molecule has 4 nitrogen and oxygen atoms in total. The van der Waals surface area contributed by atoms with Gasteiger partial charge >= 0.3 is 0 Å². The minimum atomic E-state index is -0.481. The van der Waals surface area contributed by atoms with Crippen LogP contribution in [0.1, 0.15) is 11.1 Å². The van der Waals surface area contributed by atoms with Crippen molar-refractivity contribution in [1.82, 2.24) is 0 Å². The van der Waals surface area contributed by atoms with Gasteiger partial charge in [0.2, 0.25) is 0 Å². The van der Waals surface area contributed by atoms with Gasteiger partial charge in [-0.15, -0.1) is 0 Å². The van der Waals surface area contributed by atoms with E-state index in [2.05, 4.69) is 5.32 Å². The lowest BCUT2D eigenvalue weighted by molar-refractivity contribution is -0.120. The van der Waals surface area contributed by atoms with Gasteiger partial charge in [0.1, 0.15) is 11.5 Å². The zero-order valence-electron chi connectivity index (χ0n) is 17.6. The molecule has 0 fully saturated rings. The third-order valence-corrected chi connectivity index (χ3v) is 5.91. The number of nitrogens with zero attached hydrogens (tertiary/aromatic N) is 1. The van der Waals surface area contributed by atoms with Crippen molar-refractivity contribution in [2.75, 3.05) is 10.2 Å². The molecule has 1 aliphatic heterocycles. The molecule has 162 valence electrons. The zero-order valence-corrected chi connectivity index (χ0v) is 18.4. The topological polar surface area (TPSA) is 49.4 Å². The molecule has 0 unspecified atom stereocenters. The van der Waals surface area contributed by atoms with Crippen LogP contribution >= 0.6 is 11.6 Å². The predicted molar refractivity (Wildman–Crippen MR) is 130 cm³/mol. The number of fused-ring (bicyclic) bond motifs is 1. The molecule has 0 atom stereocenters. The number of amides is 2. The smallest absolute Gasteiger partial charge is 0.282 e. The maximum Gasteiger partial charge on any atom is 0.282 e.